The number of hydrogen-bond acceptors (Lipinski definition) is 5. The summed E-state index contributed by atoms with van der Waals surface area (Å²) in [6.45, 7) is 10.1. The maximum absolute atomic E-state index is 12.4. The average molecular weight is 413 g/mol. The van der Waals surface area contributed by atoms with Gasteiger partial charge in [0.25, 0.3) is 5.91 Å². The topological polar surface area (TPSA) is 61.8 Å². The molecule has 0 spiro atoms. The van der Waals surface area contributed by atoms with E-state index in [1.54, 1.807) is 12.1 Å². The lowest BCUT2D eigenvalue weighted by Gasteiger charge is -2.30. The van der Waals surface area contributed by atoms with E-state index in [0.717, 1.165) is 17.0 Å². The van der Waals surface area contributed by atoms with Crippen LogP contribution in [0.5, 0.6) is 11.5 Å². The van der Waals surface area contributed by atoms with Gasteiger partial charge < -0.3 is 15.2 Å². The SMILES string of the molecule is COc1cc(-c2ccc(C(=O)NCCN(C(C)C)C(C)C)s2)ccc1O.Cl. The highest BCUT2D eigenvalue weighted by molar-refractivity contribution is 7.17. The van der Waals surface area contributed by atoms with Crippen LogP contribution in [-0.2, 0) is 0 Å². The molecule has 0 atom stereocenters. The molecule has 2 rings (SSSR count). The van der Waals surface area contributed by atoms with Crippen LogP contribution < -0.4 is 10.1 Å². The number of nitrogens with zero attached hydrogens (tertiary/aromatic N) is 1. The van der Waals surface area contributed by atoms with E-state index in [0.29, 0.717) is 29.3 Å². The van der Waals surface area contributed by atoms with Gasteiger partial charge in [0.05, 0.1) is 12.0 Å². The Morgan fingerprint density at radius 1 is 1.19 bits per heavy atom. The Hall–Kier alpha value is -1.76. The van der Waals surface area contributed by atoms with Crippen LogP contribution in [0.2, 0.25) is 0 Å². The number of methoxy groups -OCH3 is 1. The van der Waals surface area contributed by atoms with Crippen molar-refractivity contribution in [2.45, 2.75) is 39.8 Å². The first kappa shape index (κ1) is 23.3. The maximum atomic E-state index is 12.4. The van der Waals surface area contributed by atoms with Crippen LogP contribution in [0.4, 0.5) is 0 Å². The van der Waals surface area contributed by atoms with Crippen LogP contribution in [0.25, 0.3) is 10.4 Å². The monoisotopic (exact) mass is 412 g/mol. The first-order valence-corrected chi connectivity index (χ1v) is 9.66. The molecule has 2 N–H and O–H groups in total. The van der Waals surface area contributed by atoms with Crippen LogP contribution in [-0.4, -0.2) is 48.2 Å². The number of halogens is 1. The Bertz CT molecular complexity index is 739. The number of ether oxygens (including phenoxy) is 1. The quantitative estimate of drug-likeness (QED) is 0.674. The standard InChI is InChI=1S/C20H28N2O3S.ClH/c1-13(2)22(14(3)4)11-10-21-20(24)19-9-8-18(26-19)15-6-7-16(23)17(12-15)25-5;/h6-9,12-14,23H,10-11H2,1-5H3,(H,21,24);1H. The lowest BCUT2D eigenvalue weighted by Crippen LogP contribution is -2.42. The van der Waals surface area contributed by atoms with Crippen molar-refractivity contribution >= 4 is 29.7 Å². The molecule has 27 heavy (non-hydrogen) atoms. The molecule has 1 aromatic heterocycles. The number of phenolic OH excluding ortho intramolecular Hbond substituents is 1. The summed E-state index contributed by atoms with van der Waals surface area (Å²) in [5, 5.41) is 12.7. The summed E-state index contributed by atoms with van der Waals surface area (Å²) in [5.74, 6) is 0.467. The van der Waals surface area contributed by atoms with Crippen LogP contribution in [0.3, 0.4) is 0 Å². The predicted molar refractivity (Wildman–Crippen MR) is 115 cm³/mol. The van der Waals surface area contributed by atoms with E-state index in [1.807, 2.05) is 18.2 Å². The second-order valence-corrected chi connectivity index (χ2v) is 7.82. The van der Waals surface area contributed by atoms with E-state index in [1.165, 1.54) is 18.4 Å². The number of nitrogens with one attached hydrogen (secondary N) is 1. The summed E-state index contributed by atoms with van der Waals surface area (Å²) >= 11 is 1.43. The number of benzene rings is 1. The van der Waals surface area contributed by atoms with E-state index in [2.05, 4.69) is 37.9 Å². The normalized spacial score (nSPS) is 11.0. The number of rotatable bonds is 8. The third kappa shape index (κ3) is 6.13. The smallest absolute Gasteiger partial charge is 0.261 e. The Kier molecular flexibility index (Phi) is 9.09. The highest BCUT2D eigenvalue weighted by atomic mass is 35.5. The van der Waals surface area contributed by atoms with Gasteiger partial charge in [0.2, 0.25) is 0 Å². The molecule has 2 aromatic rings. The maximum Gasteiger partial charge on any atom is 0.261 e. The molecule has 0 bridgehead atoms. The van der Waals surface area contributed by atoms with Crippen molar-refractivity contribution in [1.82, 2.24) is 10.2 Å². The van der Waals surface area contributed by atoms with Gasteiger partial charge in [-0.25, -0.2) is 0 Å². The van der Waals surface area contributed by atoms with Gasteiger partial charge in [0.1, 0.15) is 0 Å². The number of carbonyl (C=O) groups is 1. The van der Waals surface area contributed by atoms with Gasteiger partial charge in [-0.1, -0.05) is 0 Å². The van der Waals surface area contributed by atoms with Crippen molar-refractivity contribution in [2.75, 3.05) is 20.2 Å². The number of carbonyl (C=O) groups excluding carboxylic acids is 1. The van der Waals surface area contributed by atoms with E-state index in [4.69, 9.17) is 4.74 Å². The lowest BCUT2D eigenvalue weighted by atomic mass is 10.1. The van der Waals surface area contributed by atoms with E-state index < -0.39 is 0 Å². The van der Waals surface area contributed by atoms with E-state index in [-0.39, 0.29) is 24.1 Å². The van der Waals surface area contributed by atoms with Gasteiger partial charge in [0, 0.05) is 30.1 Å². The van der Waals surface area contributed by atoms with Gasteiger partial charge in [-0.2, -0.15) is 0 Å². The molecule has 0 aliphatic carbocycles. The van der Waals surface area contributed by atoms with E-state index in [9.17, 15) is 9.90 Å². The van der Waals surface area contributed by atoms with Crippen molar-refractivity contribution in [2.24, 2.45) is 0 Å². The highest BCUT2D eigenvalue weighted by Gasteiger charge is 2.15. The predicted octanol–water partition coefficient (Wildman–Crippen LogP) is 4.40. The van der Waals surface area contributed by atoms with Crippen LogP contribution in [0, 0.1) is 0 Å². The summed E-state index contributed by atoms with van der Waals surface area (Å²) in [6, 6.07) is 9.83. The summed E-state index contributed by atoms with van der Waals surface area (Å²) in [4.78, 5) is 16.4. The number of aromatic hydroxyl groups is 1. The summed E-state index contributed by atoms with van der Waals surface area (Å²) in [5.41, 5.74) is 0.912. The first-order chi connectivity index (χ1) is 12.3. The molecule has 0 saturated carbocycles. The molecule has 1 aromatic carbocycles. The summed E-state index contributed by atoms with van der Waals surface area (Å²) in [6.07, 6.45) is 0. The minimum absolute atomic E-state index is 0. The Balaban J connectivity index is 0.00000364. The third-order valence-electron chi connectivity index (χ3n) is 4.28. The average Bonchev–Trinajstić information content (AvgIpc) is 3.08. The van der Waals surface area contributed by atoms with Crippen molar-refractivity contribution in [3.8, 4) is 21.9 Å². The largest absolute Gasteiger partial charge is 0.504 e. The third-order valence-corrected chi connectivity index (χ3v) is 5.41. The molecule has 0 aliphatic rings. The molecule has 5 nitrogen and oxygen atoms in total. The fourth-order valence-corrected chi connectivity index (χ4v) is 3.86. The van der Waals surface area contributed by atoms with Gasteiger partial charge in [-0.05, 0) is 63.6 Å². The van der Waals surface area contributed by atoms with Gasteiger partial charge in [0.15, 0.2) is 11.5 Å². The molecule has 0 fully saturated rings. The molecule has 150 valence electrons. The molecule has 0 unspecified atom stereocenters. The van der Waals surface area contributed by atoms with E-state index >= 15 is 0 Å². The molecule has 1 amide bonds. The molecule has 0 saturated heterocycles. The van der Waals surface area contributed by atoms with Gasteiger partial charge in [-0.15, -0.1) is 23.7 Å². The summed E-state index contributed by atoms with van der Waals surface area (Å²) < 4.78 is 5.15. The molecular weight excluding hydrogens is 384 g/mol. The second kappa shape index (κ2) is 10.5. The van der Waals surface area contributed by atoms with Crippen LogP contribution in [0.15, 0.2) is 30.3 Å². The lowest BCUT2D eigenvalue weighted by molar-refractivity contribution is 0.0943. The number of amides is 1. The highest BCUT2D eigenvalue weighted by Crippen LogP contribution is 2.34. The summed E-state index contributed by atoms with van der Waals surface area (Å²) in [7, 11) is 1.52. The first-order valence-electron chi connectivity index (χ1n) is 8.84. The molecular formula is C20H29ClN2O3S. The van der Waals surface area contributed by atoms with Crippen molar-refractivity contribution < 1.29 is 14.6 Å². The number of hydrogen-bond donors (Lipinski definition) is 2. The Labute approximate surface area is 171 Å². The van der Waals surface area contributed by atoms with Crippen molar-refractivity contribution in [3.05, 3.63) is 35.2 Å². The number of thiophene rings is 1. The second-order valence-electron chi connectivity index (χ2n) is 6.73. The van der Waals surface area contributed by atoms with Crippen LogP contribution >= 0.6 is 23.7 Å². The number of phenols is 1. The van der Waals surface area contributed by atoms with Crippen molar-refractivity contribution in [3.63, 3.8) is 0 Å². The van der Waals surface area contributed by atoms with Crippen molar-refractivity contribution in [1.29, 1.82) is 0 Å². The van der Waals surface area contributed by atoms with Gasteiger partial charge >= 0.3 is 0 Å². The fraction of sp³-hybridized carbons (Fsp3) is 0.450. The fourth-order valence-electron chi connectivity index (χ4n) is 2.94. The van der Waals surface area contributed by atoms with Crippen LogP contribution in [0.1, 0.15) is 37.4 Å². The molecule has 7 heteroatoms. The zero-order valence-electron chi connectivity index (χ0n) is 16.5. The Morgan fingerprint density at radius 2 is 1.85 bits per heavy atom. The molecule has 0 radical (unpaired) electrons. The Morgan fingerprint density at radius 3 is 2.44 bits per heavy atom. The molecule has 1 heterocycles. The minimum atomic E-state index is -0.0561. The molecule has 0 aliphatic heterocycles. The van der Waals surface area contributed by atoms with Gasteiger partial charge in [-0.3, -0.25) is 9.69 Å². The minimum Gasteiger partial charge on any atom is -0.504 e. The zero-order chi connectivity index (χ0) is 19.3. The zero-order valence-corrected chi connectivity index (χ0v) is 18.1.